The molecule has 0 aromatic carbocycles. The van der Waals surface area contributed by atoms with E-state index >= 15 is 0 Å². The first-order valence-electron chi connectivity index (χ1n) is 14.3. The number of sulfonamides is 1. The summed E-state index contributed by atoms with van der Waals surface area (Å²) in [5.74, 6) is -1.27. The van der Waals surface area contributed by atoms with Crippen molar-refractivity contribution in [2.45, 2.75) is 82.7 Å². The number of hydrogen-bond acceptors (Lipinski definition) is 8. The fourth-order valence-corrected chi connectivity index (χ4v) is 5.77. The lowest BCUT2D eigenvalue weighted by Gasteiger charge is -2.24. The van der Waals surface area contributed by atoms with Crippen LogP contribution in [0.3, 0.4) is 0 Å². The van der Waals surface area contributed by atoms with Crippen LogP contribution >= 0.6 is 12.4 Å². The van der Waals surface area contributed by atoms with Crippen LogP contribution in [0.1, 0.15) is 94.2 Å². The summed E-state index contributed by atoms with van der Waals surface area (Å²) in [5, 5.41) is 6.42. The molecule has 0 radical (unpaired) electrons. The lowest BCUT2D eigenvalue weighted by molar-refractivity contribution is 0.0976. The normalized spacial score (nSPS) is 16.3. The van der Waals surface area contributed by atoms with Gasteiger partial charge in [-0.15, -0.1) is 12.4 Å². The van der Waals surface area contributed by atoms with E-state index in [0.717, 1.165) is 43.6 Å². The summed E-state index contributed by atoms with van der Waals surface area (Å²) in [6.07, 6.45) is 4.66. The van der Waals surface area contributed by atoms with Crippen molar-refractivity contribution in [3.8, 4) is 0 Å². The molecule has 1 amide bonds. The van der Waals surface area contributed by atoms with Gasteiger partial charge in [-0.3, -0.25) is 9.78 Å². The van der Waals surface area contributed by atoms with Gasteiger partial charge >= 0.3 is 0 Å². The van der Waals surface area contributed by atoms with Gasteiger partial charge in [-0.05, 0) is 85.6 Å². The second-order valence-electron chi connectivity index (χ2n) is 12.9. The van der Waals surface area contributed by atoms with E-state index < -0.39 is 32.9 Å². The van der Waals surface area contributed by atoms with E-state index in [0.29, 0.717) is 17.4 Å². The third-order valence-electron chi connectivity index (χ3n) is 7.44. The molecule has 0 aliphatic carbocycles. The Morgan fingerprint density at radius 1 is 1.07 bits per heavy atom. The highest BCUT2D eigenvalue weighted by molar-refractivity contribution is 7.90. The minimum Gasteiger partial charge on any atom is -0.362 e. The van der Waals surface area contributed by atoms with Gasteiger partial charge in [0.05, 0.1) is 17.3 Å². The van der Waals surface area contributed by atoms with Crippen LogP contribution in [0.15, 0.2) is 53.7 Å². The molecule has 3 aromatic rings. The van der Waals surface area contributed by atoms with Crippen LogP contribution in [0.4, 0.5) is 10.2 Å². The molecule has 0 spiro atoms. The molecule has 43 heavy (non-hydrogen) atoms. The average Bonchev–Trinajstić information content (AvgIpc) is 3.44. The van der Waals surface area contributed by atoms with E-state index in [9.17, 15) is 17.6 Å². The molecule has 234 valence electrons. The topological polar surface area (TPSA) is 126 Å². The van der Waals surface area contributed by atoms with Gasteiger partial charge in [-0.25, -0.2) is 14.7 Å². The van der Waals surface area contributed by atoms with Crippen molar-refractivity contribution >= 4 is 34.2 Å². The Hall–Kier alpha value is -3.15. The zero-order valence-electron chi connectivity index (χ0n) is 25.6. The number of rotatable bonds is 9. The molecule has 9 nitrogen and oxygen atoms in total. The number of pyridine rings is 3. The van der Waals surface area contributed by atoms with Crippen LogP contribution in [-0.4, -0.2) is 42.4 Å². The first kappa shape index (κ1) is 34.3. The molecule has 1 saturated heterocycles. The number of hydrogen-bond donors (Lipinski definition) is 3. The van der Waals surface area contributed by atoms with E-state index in [1.165, 1.54) is 18.2 Å². The van der Waals surface area contributed by atoms with Gasteiger partial charge in [0.1, 0.15) is 5.82 Å². The molecule has 3 N–H and O–H groups in total. The van der Waals surface area contributed by atoms with Crippen molar-refractivity contribution in [2.75, 3.05) is 18.4 Å². The Labute approximate surface area is 260 Å². The summed E-state index contributed by atoms with van der Waals surface area (Å²) in [6, 6.07) is 11.1. The molecule has 12 heteroatoms. The second-order valence-corrected chi connectivity index (χ2v) is 14.6. The quantitative estimate of drug-likeness (QED) is 0.257. The number of halogens is 2. The Balaban J connectivity index is 0.00000506. The number of nitrogens with one attached hydrogen (secondary N) is 3. The molecule has 0 saturated carbocycles. The molecular formula is C31H42ClFN6O3S. The molecule has 1 fully saturated rings. The summed E-state index contributed by atoms with van der Waals surface area (Å²) in [4.78, 5) is 25.6. The van der Waals surface area contributed by atoms with Crippen LogP contribution in [0.5, 0.6) is 0 Å². The third-order valence-corrected chi connectivity index (χ3v) is 8.67. The molecule has 4 heterocycles. The summed E-state index contributed by atoms with van der Waals surface area (Å²) in [6.45, 7) is 14.0. The number of carbonyl (C=O) groups excluding carboxylic acids is 1. The fraction of sp³-hybridized carbons (Fsp3) is 0.484. The minimum absolute atomic E-state index is 0. The summed E-state index contributed by atoms with van der Waals surface area (Å²) < 4.78 is 42.9. The van der Waals surface area contributed by atoms with E-state index in [4.69, 9.17) is 0 Å². The number of aromatic nitrogens is 3. The Kier molecular flexibility index (Phi) is 10.9. The SMILES string of the molecule is CC(C)(C)c1ccnc(C(CC[C@H]2CCNC2)Nc2cccc(S(=O)(=O)NC(=O)c3ccc(C(C)(C)C)nc3F)n2)c1.Cl. The first-order chi connectivity index (χ1) is 19.6. The number of amides is 1. The zero-order chi connectivity index (χ0) is 30.7. The van der Waals surface area contributed by atoms with Crippen molar-refractivity contribution in [2.24, 2.45) is 5.92 Å². The molecule has 1 aliphatic rings. The lowest BCUT2D eigenvalue weighted by atomic mass is 9.86. The Morgan fingerprint density at radius 3 is 2.44 bits per heavy atom. The molecule has 1 unspecified atom stereocenters. The number of carbonyl (C=O) groups is 1. The molecule has 4 rings (SSSR count). The van der Waals surface area contributed by atoms with E-state index in [1.54, 1.807) is 18.3 Å². The molecule has 3 aromatic heterocycles. The molecular weight excluding hydrogens is 591 g/mol. The first-order valence-corrected chi connectivity index (χ1v) is 15.8. The van der Waals surface area contributed by atoms with E-state index in [2.05, 4.69) is 52.4 Å². The van der Waals surface area contributed by atoms with Gasteiger partial charge in [0.2, 0.25) is 5.95 Å². The van der Waals surface area contributed by atoms with Crippen molar-refractivity contribution in [1.29, 1.82) is 0 Å². The maximum absolute atomic E-state index is 14.7. The van der Waals surface area contributed by atoms with E-state index in [-0.39, 0.29) is 28.9 Å². The maximum Gasteiger partial charge on any atom is 0.281 e. The van der Waals surface area contributed by atoms with Crippen LogP contribution in [-0.2, 0) is 20.9 Å². The van der Waals surface area contributed by atoms with Crippen molar-refractivity contribution in [3.05, 3.63) is 77.1 Å². The predicted octanol–water partition coefficient (Wildman–Crippen LogP) is 5.69. The van der Waals surface area contributed by atoms with Crippen LogP contribution in [0.25, 0.3) is 0 Å². The maximum atomic E-state index is 14.7. The summed E-state index contributed by atoms with van der Waals surface area (Å²) >= 11 is 0. The minimum atomic E-state index is -4.41. The van der Waals surface area contributed by atoms with Gasteiger partial charge in [0.15, 0.2) is 5.03 Å². The highest BCUT2D eigenvalue weighted by Crippen LogP contribution is 2.30. The lowest BCUT2D eigenvalue weighted by Crippen LogP contribution is -2.32. The highest BCUT2D eigenvalue weighted by Gasteiger charge is 2.26. The van der Waals surface area contributed by atoms with Crippen molar-refractivity contribution in [1.82, 2.24) is 25.0 Å². The number of nitrogens with zero attached hydrogens (tertiary/aromatic N) is 3. The van der Waals surface area contributed by atoms with Gasteiger partial charge < -0.3 is 10.6 Å². The van der Waals surface area contributed by atoms with Crippen molar-refractivity contribution in [3.63, 3.8) is 0 Å². The van der Waals surface area contributed by atoms with Crippen LogP contribution < -0.4 is 15.4 Å². The van der Waals surface area contributed by atoms with Gasteiger partial charge in [0.25, 0.3) is 15.9 Å². The molecule has 0 bridgehead atoms. The van der Waals surface area contributed by atoms with E-state index in [1.807, 2.05) is 31.6 Å². The molecule has 2 atom stereocenters. The smallest absolute Gasteiger partial charge is 0.281 e. The van der Waals surface area contributed by atoms with Gasteiger partial charge in [0, 0.05) is 17.3 Å². The summed E-state index contributed by atoms with van der Waals surface area (Å²) in [5.41, 5.74) is 1.47. The highest BCUT2D eigenvalue weighted by atomic mass is 35.5. The monoisotopic (exact) mass is 632 g/mol. The van der Waals surface area contributed by atoms with Gasteiger partial charge in [-0.1, -0.05) is 47.6 Å². The summed E-state index contributed by atoms with van der Waals surface area (Å²) in [7, 11) is -4.41. The standard InChI is InChI=1S/C31H41FN6O3S.ClH/c1-30(2,3)21-15-17-34-24(18-21)23(12-10-20-14-16-33-19-20)35-26-8-7-9-27(37-26)42(40,41)38-29(39)22-11-13-25(31(4,5)6)36-28(22)32;/h7-9,11,13,15,17-18,20,23,33H,10,12,14,16,19H2,1-6H3,(H,35,37)(H,38,39);1H/t20-,23?;/m0./s1. The zero-order valence-corrected chi connectivity index (χ0v) is 27.2. The van der Waals surface area contributed by atoms with Gasteiger partial charge in [-0.2, -0.15) is 12.8 Å². The molecule has 1 aliphatic heterocycles. The van der Waals surface area contributed by atoms with Crippen LogP contribution in [0.2, 0.25) is 0 Å². The second kappa shape index (κ2) is 13.7. The van der Waals surface area contributed by atoms with Crippen LogP contribution in [0, 0.1) is 11.9 Å². The average molecular weight is 633 g/mol. The Bertz CT molecular complexity index is 1530. The largest absolute Gasteiger partial charge is 0.362 e. The third kappa shape index (κ3) is 8.93. The van der Waals surface area contributed by atoms with Crippen molar-refractivity contribution < 1.29 is 17.6 Å². The number of anilines is 1. The Morgan fingerprint density at radius 2 is 1.81 bits per heavy atom. The predicted molar refractivity (Wildman–Crippen MR) is 169 cm³/mol. The fourth-order valence-electron chi connectivity index (χ4n) is 4.84.